The molecule has 0 amide bonds. The Morgan fingerprint density at radius 3 is 2.78 bits per heavy atom. The number of ketones is 1. The van der Waals surface area contributed by atoms with Gasteiger partial charge in [0.15, 0.2) is 5.78 Å². The summed E-state index contributed by atoms with van der Waals surface area (Å²) in [5.41, 5.74) is -0.173. The molecular weight excluding hydrogens is 258 g/mol. The second-order valence-electron chi connectivity index (χ2n) is 3.68. The summed E-state index contributed by atoms with van der Waals surface area (Å²) >= 11 is 0.989. The summed E-state index contributed by atoms with van der Waals surface area (Å²) in [6.07, 6.45) is -0.304. The molecule has 6 nitrogen and oxygen atoms in total. The molecule has 1 aromatic rings. The van der Waals surface area contributed by atoms with Gasteiger partial charge in [-0.15, -0.1) is 0 Å². The lowest BCUT2D eigenvalue weighted by atomic mass is 10.3. The predicted octanol–water partition coefficient (Wildman–Crippen LogP) is 2.66. The Morgan fingerprint density at radius 2 is 2.28 bits per heavy atom. The fraction of sp³-hybridized carbons (Fsp3) is 0.545. The molecule has 0 aliphatic heterocycles. The average molecular weight is 273 g/mol. The van der Waals surface area contributed by atoms with Crippen LogP contribution in [0.3, 0.4) is 0 Å². The van der Waals surface area contributed by atoms with Crippen molar-refractivity contribution in [3.63, 3.8) is 0 Å². The number of thiophene rings is 1. The monoisotopic (exact) mass is 273 g/mol. The van der Waals surface area contributed by atoms with Gasteiger partial charge in [-0.1, -0.05) is 11.3 Å². The van der Waals surface area contributed by atoms with Crippen molar-refractivity contribution in [3.8, 4) is 5.06 Å². The Hall–Kier alpha value is -1.47. The molecule has 7 heteroatoms. The molecule has 0 saturated carbocycles. The van der Waals surface area contributed by atoms with E-state index >= 15 is 0 Å². The van der Waals surface area contributed by atoms with Crippen LogP contribution in [0.2, 0.25) is 0 Å². The molecule has 0 aliphatic carbocycles. The van der Waals surface area contributed by atoms with Gasteiger partial charge in [0.1, 0.15) is 6.10 Å². The zero-order valence-electron chi connectivity index (χ0n) is 10.5. The highest BCUT2D eigenvalue weighted by Gasteiger charge is 2.23. The van der Waals surface area contributed by atoms with Gasteiger partial charge in [0.2, 0.25) is 0 Å². The van der Waals surface area contributed by atoms with Crippen LogP contribution < -0.4 is 4.74 Å². The van der Waals surface area contributed by atoms with E-state index in [0.717, 1.165) is 11.3 Å². The summed E-state index contributed by atoms with van der Waals surface area (Å²) in [7, 11) is 0. The lowest BCUT2D eigenvalue weighted by Crippen LogP contribution is -2.18. The van der Waals surface area contributed by atoms with Crippen LogP contribution in [-0.4, -0.2) is 30.0 Å². The fourth-order valence-corrected chi connectivity index (χ4v) is 2.21. The summed E-state index contributed by atoms with van der Waals surface area (Å²) < 4.78 is 10.6. The van der Waals surface area contributed by atoms with Gasteiger partial charge in [0.25, 0.3) is 5.06 Å². The molecule has 1 atom stereocenters. The summed E-state index contributed by atoms with van der Waals surface area (Å²) in [6, 6.07) is 1.25. The smallest absolute Gasteiger partial charge is 0.323 e. The van der Waals surface area contributed by atoms with Crippen molar-refractivity contribution in [3.05, 3.63) is 21.1 Å². The Morgan fingerprint density at radius 1 is 1.61 bits per heavy atom. The lowest BCUT2D eigenvalue weighted by molar-refractivity contribution is -0.385. The first-order valence-corrected chi connectivity index (χ1v) is 6.30. The Labute approximate surface area is 109 Å². The molecule has 100 valence electrons. The molecule has 1 heterocycles. The van der Waals surface area contributed by atoms with Crippen molar-refractivity contribution in [2.75, 3.05) is 13.2 Å². The topological polar surface area (TPSA) is 78.7 Å². The molecule has 0 aromatic carbocycles. The average Bonchev–Trinajstić information content (AvgIpc) is 2.70. The standard InChI is InChI=1S/C11H15NO5S/c1-4-16-6-7(2)17-11-9(12(14)15)5-10(18-11)8(3)13/h5,7H,4,6H2,1-3H3. The fourth-order valence-electron chi connectivity index (χ4n) is 1.25. The van der Waals surface area contributed by atoms with E-state index in [9.17, 15) is 14.9 Å². The molecule has 0 spiro atoms. The third-order valence-electron chi connectivity index (χ3n) is 2.09. The Balaban J connectivity index is 2.86. The van der Waals surface area contributed by atoms with E-state index in [1.54, 1.807) is 6.92 Å². The molecule has 0 N–H and O–H groups in total. The Bertz CT molecular complexity index is 443. The number of rotatable bonds is 7. The molecule has 1 unspecified atom stereocenters. The van der Waals surface area contributed by atoms with Crippen LogP contribution in [0.4, 0.5) is 5.69 Å². The van der Waals surface area contributed by atoms with Crippen LogP contribution in [-0.2, 0) is 4.74 Å². The zero-order valence-corrected chi connectivity index (χ0v) is 11.3. The van der Waals surface area contributed by atoms with Crippen molar-refractivity contribution in [1.82, 2.24) is 0 Å². The summed E-state index contributed by atoms with van der Waals surface area (Å²) in [5.74, 6) is -0.213. The van der Waals surface area contributed by atoms with Gasteiger partial charge < -0.3 is 9.47 Å². The van der Waals surface area contributed by atoms with E-state index in [4.69, 9.17) is 9.47 Å². The van der Waals surface area contributed by atoms with E-state index < -0.39 is 4.92 Å². The van der Waals surface area contributed by atoms with Gasteiger partial charge in [-0.05, 0) is 20.8 Å². The Kier molecular flexibility index (Phi) is 5.24. The summed E-state index contributed by atoms with van der Waals surface area (Å²) in [5, 5.41) is 11.0. The van der Waals surface area contributed by atoms with Crippen molar-refractivity contribution >= 4 is 22.8 Å². The highest BCUT2D eigenvalue weighted by molar-refractivity contribution is 7.16. The number of nitro groups is 1. The summed E-state index contributed by atoms with van der Waals surface area (Å²) in [6.45, 7) is 5.88. The van der Waals surface area contributed by atoms with Crippen molar-refractivity contribution in [2.45, 2.75) is 26.9 Å². The van der Waals surface area contributed by atoms with E-state index in [0.29, 0.717) is 18.1 Å². The van der Waals surface area contributed by atoms with E-state index in [-0.39, 0.29) is 22.6 Å². The minimum absolute atomic E-state index is 0.150. The number of hydrogen-bond acceptors (Lipinski definition) is 6. The third kappa shape index (κ3) is 3.78. The first-order chi connectivity index (χ1) is 8.45. The van der Waals surface area contributed by atoms with E-state index in [1.807, 2.05) is 6.92 Å². The molecule has 0 fully saturated rings. The van der Waals surface area contributed by atoms with Crippen molar-refractivity contribution in [2.24, 2.45) is 0 Å². The van der Waals surface area contributed by atoms with Crippen LogP contribution in [0.5, 0.6) is 5.06 Å². The lowest BCUT2D eigenvalue weighted by Gasteiger charge is -2.12. The van der Waals surface area contributed by atoms with E-state index in [1.165, 1.54) is 13.0 Å². The number of nitrogens with zero attached hydrogens (tertiary/aromatic N) is 1. The van der Waals surface area contributed by atoms with Crippen LogP contribution in [0.1, 0.15) is 30.4 Å². The van der Waals surface area contributed by atoms with Crippen LogP contribution in [0.25, 0.3) is 0 Å². The van der Waals surface area contributed by atoms with Gasteiger partial charge in [-0.2, -0.15) is 0 Å². The van der Waals surface area contributed by atoms with Gasteiger partial charge in [-0.3, -0.25) is 14.9 Å². The quantitative estimate of drug-likeness (QED) is 0.433. The maximum absolute atomic E-state index is 11.2. The molecule has 18 heavy (non-hydrogen) atoms. The summed E-state index contributed by atoms with van der Waals surface area (Å²) in [4.78, 5) is 21.8. The molecule has 0 radical (unpaired) electrons. The number of Topliss-reactive ketones (excluding diaryl/α,β-unsaturated/α-hetero) is 1. The minimum atomic E-state index is -0.550. The predicted molar refractivity (Wildman–Crippen MR) is 67.6 cm³/mol. The maximum atomic E-state index is 11.2. The molecular formula is C11H15NO5S. The highest BCUT2D eigenvalue weighted by Crippen LogP contribution is 2.37. The normalized spacial score (nSPS) is 12.2. The zero-order chi connectivity index (χ0) is 13.7. The number of hydrogen-bond donors (Lipinski definition) is 0. The number of carbonyl (C=O) groups is 1. The largest absolute Gasteiger partial charge is 0.474 e. The number of carbonyl (C=O) groups excluding carboxylic acids is 1. The van der Waals surface area contributed by atoms with Crippen molar-refractivity contribution < 1.29 is 19.2 Å². The van der Waals surface area contributed by atoms with Gasteiger partial charge in [-0.25, -0.2) is 0 Å². The molecule has 0 aliphatic rings. The number of ether oxygens (including phenoxy) is 2. The maximum Gasteiger partial charge on any atom is 0.323 e. The molecule has 0 bridgehead atoms. The second-order valence-corrected chi connectivity index (χ2v) is 4.70. The van der Waals surface area contributed by atoms with Crippen LogP contribution >= 0.6 is 11.3 Å². The molecule has 1 aromatic heterocycles. The van der Waals surface area contributed by atoms with Gasteiger partial charge >= 0.3 is 5.69 Å². The van der Waals surface area contributed by atoms with Gasteiger partial charge in [0.05, 0.1) is 16.4 Å². The van der Waals surface area contributed by atoms with Crippen molar-refractivity contribution in [1.29, 1.82) is 0 Å². The molecule has 0 saturated heterocycles. The van der Waals surface area contributed by atoms with Crippen LogP contribution in [0.15, 0.2) is 6.07 Å². The minimum Gasteiger partial charge on any atom is -0.474 e. The first-order valence-electron chi connectivity index (χ1n) is 5.49. The second kappa shape index (κ2) is 6.46. The van der Waals surface area contributed by atoms with Crippen LogP contribution in [0, 0.1) is 10.1 Å². The SMILES string of the molecule is CCOCC(C)Oc1sc(C(C)=O)cc1[N+](=O)[O-]. The molecule has 1 rings (SSSR count). The van der Waals surface area contributed by atoms with E-state index in [2.05, 4.69) is 0 Å². The van der Waals surface area contributed by atoms with Gasteiger partial charge in [0, 0.05) is 12.7 Å². The first kappa shape index (κ1) is 14.6. The third-order valence-corrected chi connectivity index (χ3v) is 3.20. The highest BCUT2D eigenvalue weighted by atomic mass is 32.1.